The van der Waals surface area contributed by atoms with Crippen molar-refractivity contribution in [3.05, 3.63) is 0 Å². The molecule has 80 valence electrons. The van der Waals surface area contributed by atoms with E-state index < -0.39 is 0 Å². The van der Waals surface area contributed by atoms with Crippen LogP contribution in [0.25, 0.3) is 0 Å². The van der Waals surface area contributed by atoms with Crippen LogP contribution >= 0.6 is 0 Å². The van der Waals surface area contributed by atoms with Crippen molar-refractivity contribution in [2.24, 2.45) is 11.5 Å². The molecule has 1 aliphatic heterocycles. The fourth-order valence-corrected chi connectivity index (χ4v) is 1.50. The summed E-state index contributed by atoms with van der Waals surface area (Å²) < 4.78 is 0. The molecule has 0 saturated carbocycles. The van der Waals surface area contributed by atoms with E-state index in [-0.39, 0.29) is 24.9 Å². The molecule has 6 nitrogen and oxygen atoms in total. The third-order valence-electron chi connectivity index (χ3n) is 2.28. The maximum Gasteiger partial charge on any atom is 0.236 e. The van der Waals surface area contributed by atoms with Gasteiger partial charge >= 0.3 is 0 Å². The number of nitrogens with two attached hydrogens (primary N) is 2. The average molecular weight is 200 g/mol. The lowest BCUT2D eigenvalue weighted by molar-refractivity contribution is -0.131. The van der Waals surface area contributed by atoms with Gasteiger partial charge in [-0.15, -0.1) is 0 Å². The van der Waals surface area contributed by atoms with Crippen molar-refractivity contribution in [3.63, 3.8) is 0 Å². The third-order valence-corrected chi connectivity index (χ3v) is 2.28. The van der Waals surface area contributed by atoms with Crippen molar-refractivity contribution < 1.29 is 9.59 Å². The molecule has 0 spiro atoms. The fourth-order valence-electron chi connectivity index (χ4n) is 1.50. The number of carbonyl (C=O) groups excluding carboxylic acids is 2. The average Bonchev–Trinajstić information content (AvgIpc) is 2.17. The molecule has 0 aliphatic carbocycles. The Labute approximate surface area is 82.8 Å². The summed E-state index contributed by atoms with van der Waals surface area (Å²) in [6.45, 7) is 2.95. The molecule has 0 aromatic carbocycles. The number of carbonyl (C=O) groups is 2. The minimum atomic E-state index is -0.330. The molecule has 1 heterocycles. The van der Waals surface area contributed by atoms with Gasteiger partial charge in [0.2, 0.25) is 11.8 Å². The summed E-state index contributed by atoms with van der Waals surface area (Å²) in [4.78, 5) is 25.4. The van der Waals surface area contributed by atoms with Crippen molar-refractivity contribution in [3.8, 4) is 0 Å². The Morgan fingerprint density at radius 3 is 2.14 bits per heavy atom. The number of nitrogens with zero attached hydrogens (tertiary/aromatic N) is 2. The van der Waals surface area contributed by atoms with E-state index in [1.54, 1.807) is 4.90 Å². The lowest BCUT2D eigenvalue weighted by Gasteiger charge is -2.33. The second-order valence-electron chi connectivity index (χ2n) is 3.33. The monoisotopic (exact) mass is 200 g/mol. The molecule has 1 fully saturated rings. The molecule has 1 rings (SSSR count). The standard InChI is InChI=1S/C8H16N4O2/c9-5-8(14)12-3-1-11(2-4-12)6-7(10)13/h1-6,9H2,(H2,10,13). The van der Waals surface area contributed by atoms with Crippen LogP contribution in [-0.2, 0) is 9.59 Å². The molecule has 0 bridgehead atoms. The van der Waals surface area contributed by atoms with Crippen molar-refractivity contribution in [1.29, 1.82) is 0 Å². The molecule has 0 radical (unpaired) electrons. The van der Waals surface area contributed by atoms with Crippen molar-refractivity contribution >= 4 is 11.8 Å². The number of hydrogen-bond donors (Lipinski definition) is 2. The topological polar surface area (TPSA) is 92.7 Å². The van der Waals surface area contributed by atoms with E-state index in [0.29, 0.717) is 26.2 Å². The van der Waals surface area contributed by atoms with E-state index in [2.05, 4.69) is 0 Å². The van der Waals surface area contributed by atoms with E-state index in [1.807, 2.05) is 4.90 Å². The van der Waals surface area contributed by atoms with Crippen LogP contribution in [0.1, 0.15) is 0 Å². The maximum absolute atomic E-state index is 11.2. The van der Waals surface area contributed by atoms with Gasteiger partial charge in [0.1, 0.15) is 0 Å². The molecule has 1 aliphatic rings. The zero-order chi connectivity index (χ0) is 10.6. The number of hydrogen-bond acceptors (Lipinski definition) is 4. The van der Waals surface area contributed by atoms with Gasteiger partial charge in [0.25, 0.3) is 0 Å². The maximum atomic E-state index is 11.2. The van der Waals surface area contributed by atoms with Crippen LogP contribution in [0.4, 0.5) is 0 Å². The van der Waals surface area contributed by atoms with Crippen LogP contribution < -0.4 is 11.5 Å². The van der Waals surface area contributed by atoms with Crippen LogP contribution in [0.15, 0.2) is 0 Å². The highest BCUT2D eigenvalue weighted by Gasteiger charge is 2.20. The predicted octanol–water partition coefficient (Wildman–Crippen LogP) is -2.43. The highest BCUT2D eigenvalue weighted by molar-refractivity contribution is 5.78. The van der Waals surface area contributed by atoms with E-state index in [9.17, 15) is 9.59 Å². The molecule has 4 N–H and O–H groups in total. The molecular formula is C8H16N4O2. The molecule has 2 amide bonds. The minimum Gasteiger partial charge on any atom is -0.369 e. The molecular weight excluding hydrogens is 184 g/mol. The molecule has 6 heteroatoms. The van der Waals surface area contributed by atoms with Gasteiger partial charge in [0.15, 0.2) is 0 Å². The zero-order valence-corrected chi connectivity index (χ0v) is 8.11. The van der Waals surface area contributed by atoms with E-state index >= 15 is 0 Å². The number of piperazine rings is 1. The molecule has 1 saturated heterocycles. The molecule has 0 atom stereocenters. The Bertz CT molecular complexity index is 223. The number of amides is 2. The fraction of sp³-hybridized carbons (Fsp3) is 0.750. The first-order chi connectivity index (χ1) is 6.63. The number of rotatable bonds is 3. The van der Waals surface area contributed by atoms with Gasteiger partial charge in [-0.1, -0.05) is 0 Å². The van der Waals surface area contributed by atoms with Gasteiger partial charge in [0.05, 0.1) is 13.1 Å². The van der Waals surface area contributed by atoms with Crippen LogP contribution in [0.5, 0.6) is 0 Å². The number of primary amides is 1. The summed E-state index contributed by atoms with van der Waals surface area (Å²) in [5.41, 5.74) is 10.3. The lowest BCUT2D eigenvalue weighted by Crippen LogP contribution is -2.51. The first-order valence-corrected chi connectivity index (χ1v) is 4.62. The largest absolute Gasteiger partial charge is 0.369 e. The molecule has 14 heavy (non-hydrogen) atoms. The van der Waals surface area contributed by atoms with Crippen LogP contribution in [0.2, 0.25) is 0 Å². The van der Waals surface area contributed by atoms with E-state index in [4.69, 9.17) is 11.5 Å². The highest BCUT2D eigenvalue weighted by Crippen LogP contribution is 2.00. The first kappa shape index (κ1) is 10.9. The van der Waals surface area contributed by atoms with Gasteiger partial charge in [-0.3, -0.25) is 14.5 Å². The summed E-state index contributed by atoms with van der Waals surface area (Å²) in [5.74, 6) is -0.368. The quantitative estimate of drug-likeness (QED) is 0.530. The Hall–Kier alpha value is -1.14. The Morgan fingerprint density at radius 1 is 1.14 bits per heavy atom. The van der Waals surface area contributed by atoms with E-state index in [0.717, 1.165) is 0 Å². The molecule has 0 aromatic heterocycles. The first-order valence-electron chi connectivity index (χ1n) is 4.62. The summed E-state index contributed by atoms with van der Waals surface area (Å²) in [5, 5.41) is 0. The predicted molar refractivity (Wildman–Crippen MR) is 51.3 cm³/mol. The Kier molecular flexibility index (Phi) is 3.84. The Morgan fingerprint density at radius 2 is 1.71 bits per heavy atom. The zero-order valence-electron chi connectivity index (χ0n) is 8.11. The molecule has 0 aromatic rings. The minimum absolute atomic E-state index is 0.0382. The van der Waals surface area contributed by atoms with Crippen molar-refractivity contribution in [2.45, 2.75) is 0 Å². The van der Waals surface area contributed by atoms with Gasteiger partial charge in [-0.25, -0.2) is 0 Å². The second kappa shape index (κ2) is 4.92. The van der Waals surface area contributed by atoms with Gasteiger partial charge in [-0.2, -0.15) is 0 Å². The van der Waals surface area contributed by atoms with Crippen LogP contribution in [-0.4, -0.2) is 60.9 Å². The van der Waals surface area contributed by atoms with Gasteiger partial charge in [0, 0.05) is 26.2 Å². The van der Waals surface area contributed by atoms with E-state index in [1.165, 1.54) is 0 Å². The van der Waals surface area contributed by atoms with Crippen molar-refractivity contribution in [1.82, 2.24) is 9.80 Å². The van der Waals surface area contributed by atoms with Gasteiger partial charge < -0.3 is 16.4 Å². The van der Waals surface area contributed by atoms with Crippen LogP contribution in [0, 0.1) is 0 Å². The normalized spacial score (nSPS) is 18.2. The second-order valence-corrected chi connectivity index (χ2v) is 3.33. The summed E-state index contributed by atoms with van der Waals surface area (Å²) in [7, 11) is 0. The Balaban J connectivity index is 2.31. The lowest BCUT2D eigenvalue weighted by atomic mass is 10.3. The summed E-state index contributed by atoms with van der Waals surface area (Å²) in [6, 6.07) is 0. The molecule has 0 unspecified atom stereocenters. The summed E-state index contributed by atoms with van der Waals surface area (Å²) >= 11 is 0. The van der Waals surface area contributed by atoms with Crippen molar-refractivity contribution in [2.75, 3.05) is 39.3 Å². The SMILES string of the molecule is NCC(=O)N1CCN(CC(N)=O)CC1. The highest BCUT2D eigenvalue weighted by atomic mass is 16.2. The summed E-state index contributed by atoms with van der Waals surface area (Å²) in [6.07, 6.45) is 0. The third kappa shape index (κ3) is 2.97. The smallest absolute Gasteiger partial charge is 0.236 e. The van der Waals surface area contributed by atoms with Gasteiger partial charge in [-0.05, 0) is 0 Å². The van der Waals surface area contributed by atoms with Crippen LogP contribution in [0.3, 0.4) is 0 Å².